The fourth-order valence-electron chi connectivity index (χ4n) is 4.31. The zero-order chi connectivity index (χ0) is 22.5. The molecule has 2 fully saturated rings. The molecule has 3 aromatic rings. The predicted octanol–water partition coefficient (Wildman–Crippen LogP) is 3.83. The van der Waals surface area contributed by atoms with Crippen molar-refractivity contribution in [3.63, 3.8) is 0 Å². The zero-order valence-corrected chi connectivity index (χ0v) is 18.2. The van der Waals surface area contributed by atoms with Crippen molar-refractivity contribution < 1.29 is 13.9 Å². The van der Waals surface area contributed by atoms with E-state index in [4.69, 9.17) is 16.3 Å². The molecule has 1 aliphatic heterocycles. The Kier molecular flexibility index (Phi) is 5.01. The first-order valence-electron chi connectivity index (χ1n) is 10.4. The summed E-state index contributed by atoms with van der Waals surface area (Å²) in [6.45, 7) is 0.825. The lowest BCUT2D eigenvalue weighted by Crippen LogP contribution is -2.56. The van der Waals surface area contributed by atoms with Crippen LogP contribution in [0.3, 0.4) is 0 Å². The van der Waals surface area contributed by atoms with E-state index in [1.807, 2.05) is 0 Å². The fourth-order valence-corrected chi connectivity index (χ4v) is 4.47. The molecule has 2 aromatic carbocycles. The number of carbonyl (C=O) groups is 1. The first-order chi connectivity index (χ1) is 15.4. The van der Waals surface area contributed by atoms with Crippen molar-refractivity contribution in [2.75, 3.05) is 20.2 Å². The third kappa shape index (κ3) is 3.46. The van der Waals surface area contributed by atoms with Crippen LogP contribution in [0.25, 0.3) is 11.3 Å². The number of halogens is 2. The molecule has 0 bridgehead atoms. The van der Waals surface area contributed by atoms with Gasteiger partial charge in [0.2, 0.25) is 5.91 Å². The van der Waals surface area contributed by atoms with Crippen LogP contribution in [0.1, 0.15) is 24.4 Å². The van der Waals surface area contributed by atoms with E-state index >= 15 is 0 Å². The largest absolute Gasteiger partial charge is 0.496 e. The number of hydrogen-bond acceptors (Lipinski definition) is 4. The lowest BCUT2D eigenvalue weighted by atomic mass is 9.92. The van der Waals surface area contributed by atoms with E-state index in [-0.39, 0.29) is 23.3 Å². The van der Waals surface area contributed by atoms with Crippen LogP contribution < -0.4 is 10.3 Å². The minimum atomic E-state index is -0.560. The highest BCUT2D eigenvalue weighted by molar-refractivity contribution is 6.30. The van der Waals surface area contributed by atoms with Crippen molar-refractivity contribution in [3.05, 3.63) is 81.4 Å². The molecule has 0 spiro atoms. The summed E-state index contributed by atoms with van der Waals surface area (Å²) >= 11 is 6.05. The summed E-state index contributed by atoms with van der Waals surface area (Å²) in [5, 5.41) is 5.09. The van der Waals surface area contributed by atoms with E-state index in [9.17, 15) is 14.0 Å². The standard InChI is InChI=1S/C24H21ClFN3O3/c1-32-21-12-16(25)4-7-19(21)20-8-9-22(30)29(27-20)18-13-28(14-18)23(31)24(10-11-24)15-2-5-17(26)6-3-15/h2-9,12,18H,10-11,13-14H2,1H3. The van der Waals surface area contributed by atoms with Gasteiger partial charge in [-0.2, -0.15) is 5.10 Å². The first kappa shape index (κ1) is 20.7. The van der Waals surface area contributed by atoms with Crippen molar-refractivity contribution in [1.82, 2.24) is 14.7 Å². The number of nitrogens with zero attached hydrogens (tertiary/aromatic N) is 3. The molecule has 1 saturated carbocycles. The third-order valence-electron chi connectivity index (χ3n) is 6.32. The Bertz CT molecular complexity index is 1250. The van der Waals surface area contributed by atoms with Crippen LogP contribution in [0, 0.1) is 5.82 Å². The zero-order valence-electron chi connectivity index (χ0n) is 17.4. The highest BCUT2D eigenvalue weighted by Gasteiger charge is 2.54. The van der Waals surface area contributed by atoms with Gasteiger partial charge in [0.05, 0.1) is 24.3 Å². The Hall–Kier alpha value is -3.19. The summed E-state index contributed by atoms with van der Waals surface area (Å²) in [5.41, 5.74) is 1.38. The van der Waals surface area contributed by atoms with Crippen molar-refractivity contribution in [1.29, 1.82) is 0 Å². The Balaban J connectivity index is 1.35. The van der Waals surface area contributed by atoms with E-state index < -0.39 is 5.41 Å². The van der Waals surface area contributed by atoms with Crippen molar-refractivity contribution in [2.24, 2.45) is 0 Å². The van der Waals surface area contributed by atoms with Crippen LogP contribution in [0.5, 0.6) is 5.75 Å². The fraction of sp³-hybridized carbons (Fsp3) is 0.292. The Morgan fingerprint density at radius 1 is 1.12 bits per heavy atom. The van der Waals surface area contributed by atoms with Crippen LogP contribution in [-0.4, -0.2) is 40.8 Å². The second-order valence-electron chi connectivity index (χ2n) is 8.30. The lowest BCUT2D eigenvalue weighted by molar-refractivity contribution is -0.140. The maximum absolute atomic E-state index is 13.3. The number of hydrogen-bond donors (Lipinski definition) is 0. The summed E-state index contributed by atoms with van der Waals surface area (Å²) in [6, 6.07) is 14.3. The number of amides is 1. The van der Waals surface area contributed by atoms with Crippen LogP contribution in [0.15, 0.2) is 59.4 Å². The molecular formula is C24H21ClFN3O3. The average molecular weight is 454 g/mol. The summed E-state index contributed by atoms with van der Waals surface area (Å²) in [4.78, 5) is 27.4. The molecule has 0 radical (unpaired) electrons. The Morgan fingerprint density at radius 2 is 1.84 bits per heavy atom. The summed E-state index contributed by atoms with van der Waals surface area (Å²) in [5.74, 6) is 0.281. The number of ether oxygens (including phenoxy) is 1. The van der Waals surface area contributed by atoms with Gasteiger partial charge in [0.15, 0.2) is 0 Å². The van der Waals surface area contributed by atoms with E-state index in [1.54, 1.807) is 48.4 Å². The molecule has 1 aliphatic carbocycles. The molecule has 0 unspecified atom stereocenters. The maximum Gasteiger partial charge on any atom is 0.267 e. The van der Waals surface area contributed by atoms with E-state index in [0.717, 1.165) is 24.0 Å². The highest BCUT2D eigenvalue weighted by Crippen LogP contribution is 2.50. The molecule has 1 saturated heterocycles. The number of carbonyl (C=O) groups excluding carboxylic acids is 1. The van der Waals surface area contributed by atoms with Gasteiger partial charge >= 0.3 is 0 Å². The molecule has 32 heavy (non-hydrogen) atoms. The molecule has 1 aromatic heterocycles. The van der Waals surface area contributed by atoms with Gasteiger partial charge in [-0.05, 0) is 54.8 Å². The summed E-state index contributed by atoms with van der Waals surface area (Å²) in [6.07, 6.45) is 1.51. The normalized spacial score (nSPS) is 17.0. The molecule has 1 amide bonds. The Labute approximate surface area is 189 Å². The van der Waals surface area contributed by atoms with Gasteiger partial charge in [-0.3, -0.25) is 9.59 Å². The third-order valence-corrected chi connectivity index (χ3v) is 6.55. The van der Waals surface area contributed by atoms with Gasteiger partial charge in [0, 0.05) is 29.7 Å². The molecule has 0 atom stereocenters. The quantitative estimate of drug-likeness (QED) is 0.589. The molecule has 164 valence electrons. The molecule has 8 heteroatoms. The molecular weight excluding hydrogens is 433 g/mol. The predicted molar refractivity (Wildman–Crippen MR) is 118 cm³/mol. The van der Waals surface area contributed by atoms with Crippen molar-refractivity contribution >= 4 is 17.5 Å². The van der Waals surface area contributed by atoms with E-state index in [2.05, 4.69) is 5.10 Å². The maximum atomic E-state index is 13.3. The van der Waals surface area contributed by atoms with Gasteiger partial charge in [-0.1, -0.05) is 23.7 Å². The van der Waals surface area contributed by atoms with Gasteiger partial charge < -0.3 is 9.64 Å². The molecule has 0 N–H and O–H groups in total. The van der Waals surface area contributed by atoms with Crippen LogP contribution in [0.2, 0.25) is 5.02 Å². The number of aromatic nitrogens is 2. The van der Waals surface area contributed by atoms with Crippen LogP contribution in [0.4, 0.5) is 4.39 Å². The second-order valence-corrected chi connectivity index (χ2v) is 8.74. The number of methoxy groups -OCH3 is 1. The Morgan fingerprint density at radius 3 is 2.50 bits per heavy atom. The highest BCUT2D eigenvalue weighted by atomic mass is 35.5. The topological polar surface area (TPSA) is 64.4 Å². The number of rotatable bonds is 5. The number of likely N-dealkylation sites (tertiary alicyclic amines) is 1. The smallest absolute Gasteiger partial charge is 0.267 e. The monoisotopic (exact) mass is 453 g/mol. The van der Waals surface area contributed by atoms with Gasteiger partial charge in [0.25, 0.3) is 5.56 Å². The van der Waals surface area contributed by atoms with Crippen LogP contribution in [-0.2, 0) is 10.2 Å². The van der Waals surface area contributed by atoms with Gasteiger partial charge in [-0.15, -0.1) is 0 Å². The minimum absolute atomic E-state index is 0.0314. The molecule has 2 heterocycles. The van der Waals surface area contributed by atoms with E-state index in [1.165, 1.54) is 22.9 Å². The SMILES string of the molecule is COc1cc(Cl)ccc1-c1ccc(=O)n(C2CN(C(=O)C3(c4ccc(F)cc4)CC3)C2)n1. The molecule has 6 nitrogen and oxygen atoms in total. The average Bonchev–Trinajstić information content (AvgIpc) is 3.56. The lowest BCUT2D eigenvalue weighted by Gasteiger charge is -2.41. The van der Waals surface area contributed by atoms with Crippen molar-refractivity contribution in [2.45, 2.75) is 24.3 Å². The first-order valence-corrected chi connectivity index (χ1v) is 10.8. The van der Waals surface area contributed by atoms with Gasteiger partial charge in [-0.25, -0.2) is 9.07 Å². The minimum Gasteiger partial charge on any atom is -0.496 e. The number of benzene rings is 2. The van der Waals surface area contributed by atoms with Crippen molar-refractivity contribution in [3.8, 4) is 17.0 Å². The van der Waals surface area contributed by atoms with Crippen LogP contribution >= 0.6 is 11.6 Å². The van der Waals surface area contributed by atoms with E-state index in [0.29, 0.717) is 29.6 Å². The summed E-state index contributed by atoms with van der Waals surface area (Å²) in [7, 11) is 1.55. The summed E-state index contributed by atoms with van der Waals surface area (Å²) < 4.78 is 20.1. The second kappa shape index (κ2) is 7.74. The van der Waals surface area contributed by atoms with Gasteiger partial charge in [0.1, 0.15) is 11.6 Å². The molecule has 5 rings (SSSR count). The molecule has 2 aliphatic rings.